The normalized spacial score (nSPS) is 22.4. The quantitative estimate of drug-likeness (QED) is 0.462. The van der Waals surface area contributed by atoms with E-state index >= 15 is 4.39 Å². The third-order valence-corrected chi connectivity index (χ3v) is 6.63. The van der Waals surface area contributed by atoms with Crippen LogP contribution >= 0.6 is 11.6 Å². The number of carbonyl (C=O) groups excluding carboxylic acids is 1. The molecule has 3 atom stereocenters. The van der Waals surface area contributed by atoms with E-state index in [1.807, 2.05) is 0 Å². The van der Waals surface area contributed by atoms with Crippen LogP contribution in [0.25, 0.3) is 22.3 Å². The molecule has 12 heteroatoms. The number of carbonyl (C=O) groups is 1. The van der Waals surface area contributed by atoms with Gasteiger partial charge >= 0.3 is 6.09 Å². The number of aromatic nitrogens is 4. The molecule has 0 spiro atoms. The molecule has 3 N–H and O–H groups in total. The number of rotatable bonds is 5. The molecule has 0 unspecified atom stereocenters. The van der Waals surface area contributed by atoms with Crippen LogP contribution in [0.4, 0.5) is 15.1 Å². The van der Waals surface area contributed by atoms with Gasteiger partial charge in [-0.05, 0) is 45.2 Å². The van der Waals surface area contributed by atoms with Crippen molar-refractivity contribution < 1.29 is 23.8 Å². The van der Waals surface area contributed by atoms with E-state index in [9.17, 15) is 9.90 Å². The Bertz CT molecular complexity index is 1270. The third-order valence-electron chi connectivity index (χ3n) is 6.36. The van der Waals surface area contributed by atoms with Gasteiger partial charge in [-0.2, -0.15) is 0 Å². The minimum atomic E-state index is -0.688. The second-order valence-corrected chi connectivity index (χ2v) is 9.74. The van der Waals surface area contributed by atoms with Crippen molar-refractivity contribution in [1.29, 1.82) is 0 Å². The van der Waals surface area contributed by atoms with Gasteiger partial charge in [0.1, 0.15) is 11.3 Å². The maximum atomic E-state index is 15.2. The van der Waals surface area contributed by atoms with Gasteiger partial charge in [-0.3, -0.25) is 4.90 Å². The number of hydrogen-bond acceptors (Lipinski definition) is 8. The molecule has 2 aliphatic heterocycles. The molecule has 2 saturated heterocycles. The van der Waals surface area contributed by atoms with E-state index in [1.165, 1.54) is 12.3 Å². The van der Waals surface area contributed by atoms with Crippen molar-refractivity contribution in [3.05, 3.63) is 35.0 Å². The molecule has 1 amide bonds. The Hall–Kier alpha value is -3.02. The van der Waals surface area contributed by atoms with Crippen LogP contribution in [0.1, 0.15) is 45.0 Å². The number of H-pyrrole nitrogens is 1. The van der Waals surface area contributed by atoms with Crippen molar-refractivity contribution in [3.63, 3.8) is 0 Å². The lowest BCUT2D eigenvalue weighted by Gasteiger charge is -2.28. The summed E-state index contributed by atoms with van der Waals surface area (Å²) in [5.74, 6) is 0.240. The van der Waals surface area contributed by atoms with Crippen molar-refractivity contribution in [2.75, 3.05) is 25.1 Å². The second-order valence-electron chi connectivity index (χ2n) is 9.33. The number of nitrogens with zero attached hydrogens (tertiary/aromatic N) is 4. The fourth-order valence-corrected chi connectivity index (χ4v) is 4.82. The molecule has 2 fully saturated rings. The third kappa shape index (κ3) is 4.95. The number of aliphatic hydroxyl groups is 1. The predicted molar refractivity (Wildman–Crippen MR) is 131 cm³/mol. The Labute approximate surface area is 212 Å². The highest BCUT2D eigenvalue weighted by Gasteiger charge is 2.34. The topological polar surface area (TPSA) is 125 Å². The fourth-order valence-electron chi connectivity index (χ4n) is 4.62. The summed E-state index contributed by atoms with van der Waals surface area (Å²) < 4.78 is 25.8. The molecule has 0 bridgehead atoms. The van der Waals surface area contributed by atoms with Crippen LogP contribution in [-0.2, 0) is 9.47 Å². The maximum Gasteiger partial charge on any atom is 0.410 e. The molecular weight excluding hydrogens is 491 g/mol. The number of likely N-dealkylation sites (tertiary alicyclic amines) is 1. The number of anilines is 1. The van der Waals surface area contributed by atoms with Gasteiger partial charge < -0.3 is 24.9 Å². The van der Waals surface area contributed by atoms with Gasteiger partial charge in [0.05, 0.1) is 53.3 Å². The maximum absolute atomic E-state index is 15.2. The van der Waals surface area contributed by atoms with E-state index in [-0.39, 0.29) is 41.3 Å². The van der Waals surface area contributed by atoms with Crippen molar-refractivity contribution in [1.82, 2.24) is 24.8 Å². The Kier molecular flexibility index (Phi) is 6.96. The summed E-state index contributed by atoms with van der Waals surface area (Å²) in [6, 6.07) is 2.46. The largest absolute Gasteiger partial charge is 0.447 e. The van der Waals surface area contributed by atoms with E-state index < -0.39 is 18.0 Å². The van der Waals surface area contributed by atoms with Crippen LogP contribution in [0.15, 0.2) is 18.3 Å². The van der Waals surface area contributed by atoms with Crippen LogP contribution in [0.3, 0.4) is 0 Å². The molecule has 0 radical (unpaired) electrons. The monoisotopic (exact) mass is 518 g/mol. The summed E-state index contributed by atoms with van der Waals surface area (Å²) in [5.41, 5.74) is 1.43. The number of amides is 1. The Morgan fingerprint density at radius 1 is 1.36 bits per heavy atom. The first-order valence-electron chi connectivity index (χ1n) is 12.0. The zero-order valence-corrected chi connectivity index (χ0v) is 20.8. The number of aliphatic hydroxyl groups excluding tert-OH is 1. The summed E-state index contributed by atoms with van der Waals surface area (Å²) >= 11 is 6.38. The SMILES string of the molecule is CC(C)OC(=O)N1CCC[C@H]1c1nc2c(F)cc(-c3nc(N[C@@H]4CCOC[C@H]4O)ncc3Cl)cc2[nH]1. The van der Waals surface area contributed by atoms with Crippen LogP contribution in [0.2, 0.25) is 5.02 Å². The molecule has 10 nitrogen and oxygen atoms in total. The zero-order valence-electron chi connectivity index (χ0n) is 20.0. The Morgan fingerprint density at radius 2 is 2.19 bits per heavy atom. The van der Waals surface area contributed by atoms with Crippen LogP contribution in [-0.4, -0.2) is 74.0 Å². The smallest absolute Gasteiger partial charge is 0.410 e. The Morgan fingerprint density at radius 3 is 2.97 bits per heavy atom. The first kappa shape index (κ1) is 24.7. The van der Waals surface area contributed by atoms with Gasteiger partial charge in [-0.15, -0.1) is 0 Å². The van der Waals surface area contributed by atoms with Crippen molar-refractivity contribution >= 4 is 34.7 Å². The highest BCUT2D eigenvalue weighted by atomic mass is 35.5. The lowest BCUT2D eigenvalue weighted by molar-refractivity contribution is -0.0136. The average Bonchev–Trinajstić information content (AvgIpc) is 3.49. The van der Waals surface area contributed by atoms with Crippen LogP contribution in [0, 0.1) is 5.82 Å². The van der Waals surface area contributed by atoms with Gasteiger partial charge in [-0.25, -0.2) is 24.1 Å². The van der Waals surface area contributed by atoms with E-state index in [4.69, 9.17) is 21.1 Å². The Balaban J connectivity index is 1.44. The summed E-state index contributed by atoms with van der Waals surface area (Å²) in [6.45, 7) is 4.90. The molecule has 5 rings (SSSR count). The zero-order chi connectivity index (χ0) is 25.4. The highest BCUT2D eigenvalue weighted by molar-refractivity contribution is 6.33. The lowest BCUT2D eigenvalue weighted by Crippen LogP contribution is -2.42. The summed E-state index contributed by atoms with van der Waals surface area (Å²) in [6.07, 6.45) is 2.21. The van der Waals surface area contributed by atoms with Gasteiger partial charge in [0.2, 0.25) is 5.95 Å². The molecule has 2 aromatic heterocycles. The molecule has 1 aromatic carbocycles. The molecule has 0 aliphatic carbocycles. The van der Waals surface area contributed by atoms with Crippen molar-refractivity contribution in [2.45, 2.75) is 57.4 Å². The van der Waals surface area contributed by atoms with Gasteiger partial charge in [0.15, 0.2) is 5.82 Å². The van der Waals surface area contributed by atoms with Gasteiger partial charge in [-0.1, -0.05) is 11.6 Å². The highest BCUT2D eigenvalue weighted by Crippen LogP contribution is 2.35. The van der Waals surface area contributed by atoms with E-state index in [0.29, 0.717) is 48.6 Å². The number of fused-ring (bicyclic) bond motifs is 1. The van der Waals surface area contributed by atoms with E-state index in [2.05, 4.69) is 25.3 Å². The first-order chi connectivity index (χ1) is 17.3. The summed E-state index contributed by atoms with van der Waals surface area (Å²) in [5, 5.41) is 13.5. The molecular formula is C24H28ClFN6O4. The second kappa shape index (κ2) is 10.2. The number of halogens is 2. The van der Waals surface area contributed by atoms with Crippen molar-refractivity contribution in [2.24, 2.45) is 0 Å². The number of hydrogen-bond donors (Lipinski definition) is 3. The number of nitrogens with one attached hydrogen (secondary N) is 2. The molecule has 36 heavy (non-hydrogen) atoms. The fraction of sp³-hybridized carbons (Fsp3) is 0.500. The molecule has 192 valence electrons. The summed E-state index contributed by atoms with van der Waals surface area (Å²) in [4.78, 5) is 30.5. The van der Waals surface area contributed by atoms with E-state index in [1.54, 1.807) is 24.8 Å². The number of imidazole rings is 1. The minimum absolute atomic E-state index is 0.173. The van der Waals surface area contributed by atoms with E-state index in [0.717, 1.165) is 6.42 Å². The minimum Gasteiger partial charge on any atom is -0.447 e. The lowest BCUT2D eigenvalue weighted by atomic mass is 10.1. The predicted octanol–water partition coefficient (Wildman–Crippen LogP) is 4.06. The van der Waals surface area contributed by atoms with Gasteiger partial charge in [0.25, 0.3) is 0 Å². The summed E-state index contributed by atoms with van der Waals surface area (Å²) in [7, 11) is 0. The number of benzene rings is 1. The molecule has 4 heterocycles. The van der Waals surface area contributed by atoms with Crippen LogP contribution < -0.4 is 5.32 Å². The van der Waals surface area contributed by atoms with Crippen molar-refractivity contribution in [3.8, 4) is 11.3 Å². The molecule has 2 aliphatic rings. The molecule has 0 saturated carbocycles. The first-order valence-corrected chi connectivity index (χ1v) is 12.4. The number of ether oxygens (including phenoxy) is 2. The average molecular weight is 519 g/mol. The van der Waals surface area contributed by atoms with Crippen LogP contribution in [0.5, 0.6) is 0 Å². The van der Waals surface area contributed by atoms with Gasteiger partial charge in [0, 0.05) is 18.7 Å². The number of aromatic amines is 1. The molecule has 3 aromatic rings. The standard InChI is InChI=1S/C24H28ClFN6O4/c1-12(2)36-24(34)32-6-3-4-18(32)22-28-17-9-13(8-15(26)21(17)30-22)20-14(25)10-27-23(31-20)29-16-5-7-35-11-19(16)33/h8-10,12,16,18-19,33H,3-7,11H2,1-2H3,(H,28,30)(H,27,29,31)/t16-,18+,19-/m1/s1.